The summed E-state index contributed by atoms with van der Waals surface area (Å²) in [6, 6.07) is 10.2. The van der Waals surface area contributed by atoms with Crippen LogP contribution in [0.3, 0.4) is 0 Å². The molecule has 22 heavy (non-hydrogen) atoms. The van der Waals surface area contributed by atoms with Gasteiger partial charge in [-0.15, -0.1) is 11.3 Å². The second kappa shape index (κ2) is 6.88. The van der Waals surface area contributed by atoms with Crippen LogP contribution in [0.25, 0.3) is 20.2 Å². The minimum Gasteiger partial charge on any atom is -0.351 e. The van der Waals surface area contributed by atoms with Crippen LogP contribution in [0.4, 0.5) is 0 Å². The van der Waals surface area contributed by atoms with Crippen molar-refractivity contribution in [1.82, 2.24) is 10.3 Å². The van der Waals surface area contributed by atoms with Crippen LogP contribution in [0, 0.1) is 0 Å². The van der Waals surface area contributed by atoms with Crippen LogP contribution in [0.2, 0.25) is 0 Å². The molecule has 0 bridgehead atoms. The largest absolute Gasteiger partial charge is 0.351 e. The number of fused-ring (bicyclic) bond motifs is 3. The molecule has 0 saturated carbocycles. The molecule has 0 aliphatic heterocycles. The molecule has 2 heterocycles. The molecule has 0 radical (unpaired) electrons. The summed E-state index contributed by atoms with van der Waals surface area (Å²) in [5, 5.41) is 5.28. The molecule has 3 aromatic rings. The molecule has 3 nitrogen and oxygen atoms in total. The first-order valence-corrected chi connectivity index (χ1v) is 8.66. The summed E-state index contributed by atoms with van der Waals surface area (Å²) in [5.74, 6) is -0.0753. The minimum atomic E-state index is -0.0753. The smallest absolute Gasteiger partial charge is 0.269 e. The highest BCUT2D eigenvalue weighted by Crippen LogP contribution is 2.33. The van der Waals surface area contributed by atoms with E-state index in [4.69, 9.17) is 0 Å². The van der Waals surface area contributed by atoms with E-state index in [9.17, 15) is 4.79 Å². The SMILES string of the molecule is CCCCCCNC(=O)c1cc2c(cn1)sc1ccccc12. The van der Waals surface area contributed by atoms with E-state index in [1.807, 2.05) is 24.4 Å². The first kappa shape index (κ1) is 15.0. The molecule has 0 fully saturated rings. The molecule has 114 valence electrons. The van der Waals surface area contributed by atoms with Gasteiger partial charge in [0.15, 0.2) is 0 Å². The van der Waals surface area contributed by atoms with Crippen LogP contribution >= 0.6 is 11.3 Å². The number of unbranched alkanes of at least 4 members (excludes halogenated alkanes) is 3. The second-order valence-electron chi connectivity index (χ2n) is 5.48. The summed E-state index contributed by atoms with van der Waals surface area (Å²) in [4.78, 5) is 16.5. The summed E-state index contributed by atoms with van der Waals surface area (Å²) >= 11 is 1.71. The van der Waals surface area contributed by atoms with Gasteiger partial charge in [-0.25, -0.2) is 4.98 Å². The van der Waals surface area contributed by atoms with Gasteiger partial charge in [0.05, 0.1) is 4.70 Å². The third kappa shape index (κ3) is 3.12. The van der Waals surface area contributed by atoms with Gasteiger partial charge in [-0.3, -0.25) is 4.79 Å². The molecule has 3 rings (SSSR count). The van der Waals surface area contributed by atoms with E-state index in [0.717, 1.165) is 23.1 Å². The molecule has 0 aliphatic rings. The van der Waals surface area contributed by atoms with Crippen LogP contribution in [0.1, 0.15) is 43.1 Å². The molecule has 1 aromatic carbocycles. The van der Waals surface area contributed by atoms with Crippen molar-refractivity contribution in [2.75, 3.05) is 6.54 Å². The lowest BCUT2D eigenvalue weighted by molar-refractivity contribution is 0.0948. The first-order valence-electron chi connectivity index (χ1n) is 7.85. The van der Waals surface area contributed by atoms with Gasteiger partial charge in [-0.05, 0) is 18.6 Å². The van der Waals surface area contributed by atoms with E-state index in [1.165, 1.54) is 29.3 Å². The zero-order valence-electron chi connectivity index (χ0n) is 12.8. The Balaban J connectivity index is 1.76. The number of rotatable bonds is 6. The lowest BCUT2D eigenvalue weighted by atomic mass is 10.1. The third-order valence-electron chi connectivity index (χ3n) is 3.81. The third-order valence-corrected chi connectivity index (χ3v) is 4.93. The maximum atomic E-state index is 12.2. The van der Waals surface area contributed by atoms with Gasteiger partial charge in [-0.1, -0.05) is 44.4 Å². The standard InChI is InChI=1S/C18H20N2OS/c1-2-3-4-7-10-19-18(21)15-11-14-13-8-5-6-9-16(13)22-17(14)12-20-15/h5-6,8-9,11-12H,2-4,7,10H2,1H3,(H,19,21). The fraction of sp³-hybridized carbons (Fsp3) is 0.333. The number of pyridine rings is 1. The summed E-state index contributed by atoms with van der Waals surface area (Å²) < 4.78 is 2.36. The van der Waals surface area contributed by atoms with Crippen LogP contribution in [0.15, 0.2) is 36.5 Å². The highest BCUT2D eigenvalue weighted by atomic mass is 32.1. The molecule has 2 aromatic heterocycles. The highest BCUT2D eigenvalue weighted by Gasteiger charge is 2.10. The lowest BCUT2D eigenvalue weighted by Gasteiger charge is -2.04. The van der Waals surface area contributed by atoms with E-state index in [2.05, 4.69) is 29.4 Å². The number of nitrogens with zero attached hydrogens (tertiary/aromatic N) is 1. The van der Waals surface area contributed by atoms with Crippen LogP contribution in [-0.2, 0) is 0 Å². The molecule has 0 saturated heterocycles. The number of carbonyl (C=O) groups is 1. The van der Waals surface area contributed by atoms with Crippen molar-refractivity contribution in [2.45, 2.75) is 32.6 Å². The second-order valence-corrected chi connectivity index (χ2v) is 6.56. The molecule has 1 amide bonds. The van der Waals surface area contributed by atoms with Gasteiger partial charge in [0.2, 0.25) is 0 Å². The molecule has 1 N–H and O–H groups in total. The Morgan fingerprint density at radius 2 is 2.00 bits per heavy atom. The van der Waals surface area contributed by atoms with E-state index in [-0.39, 0.29) is 5.91 Å². The predicted molar refractivity (Wildman–Crippen MR) is 93.6 cm³/mol. The van der Waals surface area contributed by atoms with Gasteiger partial charge in [0, 0.05) is 28.2 Å². The number of amides is 1. The summed E-state index contributed by atoms with van der Waals surface area (Å²) in [7, 11) is 0. The van der Waals surface area contributed by atoms with Crippen molar-refractivity contribution < 1.29 is 4.79 Å². The quantitative estimate of drug-likeness (QED) is 0.667. The van der Waals surface area contributed by atoms with Crippen molar-refractivity contribution >= 4 is 37.4 Å². The topological polar surface area (TPSA) is 42.0 Å². The Morgan fingerprint density at radius 1 is 1.14 bits per heavy atom. The number of hydrogen-bond donors (Lipinski definition) is 1. The van der Waals surface area contributed by atoms with E-state index < -0.39 is 0 Å². The zero-order chi connectivity index (χ0) is 15.4. The number of carbonyl (C=O) groups excluding carboxylic acids is 1. The van der Waals surface area contributed by atoms with Crippen molar-refractivity contribution in [3.05, 3.63) is 42.2 Å². The highest BCUT2D eigenvalue weighted by molar-refractivity contribution is 7.25. The molecule has 0 atom stereocenters. The summed E-state index contributed by atoms with van der Waals surface area (Å²) in [6.45, 7) is 2.91. The van der Waals surface area contributed by atoms with Gasteiger partial charge >= 0.3 is 0 Å². The number of hydrogen-bond acceptors (Lipinski definition) is 3. The van der Waals surface area contributed by atoms with Crippen molar-refractivity contribution in [2.24, 2.45) is 0 Å². The van der Waals surface area contributed by atoms with Gasteiger partial charge in [-0.2, -0.15) is 0 Å². The van der Waals surface area contributed by atoms with Crippen LogP contribution in [0.5, 0.6) is 0 Å². The maximum absolute atomic E-state index is 12.2. The first-order chi connectivity index (χ1) is 10.8. The Bertz CT molecular complexity index is 794. The molecule has 0 spiro atoms. The van der Waals surface area contributed by atoms with Crippen molar-refractivity contribution in [1.29, 1.82) is 0 Å². The molecule has 4 heteroatoms. The average molecular weight is 312 g/mol. The lowest BCUT2D eigenvalue weighted by Crippen LogP contribution is -2.25. The Hall–Kier alpha value is -1.94. The molecular weight excluding hydrogens is 292 g/mol. The van der Waals surface area contributed by atoms with Crippen LogP contribution in [-0.4, -0.2) is 17.4 Å². The normalized spacial score (nSPS) is 11.1. The number of thiophene rings is 1. The number of nitrogens with one attached hydrogen (secondary N) is 1. The Morgan fingerprint density at radius 3 is 2.86 bits per heavy atom. The fourth-order valence-electron chi connectivity index (χ4n) is 2.60. The molecule has 0 aliphatic carbocycles. The van der Waals surface area contributed by atoms with Crippen molar-refractivity contribution in [3.8, 4) is 0 Å². The summed E-state index contributed by atoms with van der Waals surface area (Å²) in [5.41, 5.74) is 0.506. The van der Waals surface area contributed by atoms with E-state index in [0.29, 0.717) is 5.69 Å². The number of aromatic nitrogens is 1. The van der Waals surface area contributed by atoms with Gasteiger partial charge in [0.1, 0.15) is 5.69 Å². The van der Waals surface area contributed by atoms with Gasteiger partial charge in [0.25, 0.3) is 5.91 Å². The number of benzene rings is 1. The van der Waals surface area contributed by atoms with E-state index in [1.54, 1.807) is 11.3 Å². The molecular formula is C18H20N2OS. The Labute approximate surface area is 134 Å². The monoisotopic (exact) mass is 312 g/mol. The Kier molecular flexibility index (Phi) is 4.68. The van der Waals surface area contributed by atoms with E-state index >= 15 is 0 Å². The average Bonchev–Trinajstić information content (AvgIpc) is 2.92. The fourth-order valence-corrected chi connectivity index (χ4v) is 3.66. The molecule has 0 unspecified atom stereocenters. The van der Waals surface area contributed by atoms with Gasteiger partial charge < -0.3 is 5.32 Å². The van der Waals surface area contributed by atoms with Crippen LogP contribution < -0.4 is 5.32 Å². The van der Waals surface area contributed by atoms with Crippen molar-refractivity contribution in [3.63, 3.8) is 0 Å². The minimum absolute atomic E-state index is 0.0753. The summed E-state index contributed by atoms with van der Waals surface area (Å²) in [6.07, 6.45) is 6.44. The zero-order valence-corrected chi connectivity index (χ0v) is 13.6. The predicted octanol–water partition coefficient (Wildman–Crippen LogP) is 4.76. The maximum Gasteiger partial charge on any atom is 0.269 e.